The molecule has 3 heterocycles. The van der Waals surface area contributed by atoms with Crippen LogP contribution in [0.3, 0.4) is 0 Å². The minimum absolute atomic E-state index is 0.000548. The van der Waals surface area contributed by atoms with Crippen molar-refractivity contribution in [3.05, 3.63) is 76.1 Å². The van der Waals surface area contributed by atoms with E-state index in [1.807, 2.05) is 0 Å². The van der Waals surface area contributed by atoms with Crippen LogP contribution in [0.15, 0.2) is 63.8 Å². The number of anilines is 1. The highest BCUT2D eigenvalue weighted by Crippen LogP contribution is 2.31. The Labute approximate surface area is 189 Å². The van der Waals surface area contributed by atoms with E-state index < -0.39 is 21.5 Å². The number of sulfone groups is 1. The van der Waals surface area contributed by atoms with Crippen molar-refractivity contribution in [2.75, 3.05) is 5.32 Å². The summed E-state index contributed by atoms with van der Waals surface area (Å²) in [7, 11) is -4.03. The molecule has 0 aliphatic heterocycles. The van der Waals surface area contributed by atoms with Crippen molar-refractivity contribution >= 4 is 54.5 Å². The predicted molar refractivity (Wildman–Crippen MR) is 117 cm³/mol. The molecule has 0 bridgehead atoms. The van der Waals surface area contributed by atoms with E-state index in [-0.39, 0.29) is 27.7 Å². The van der Waals surface area contributed by atoms with Gasteiger partial charge in [0.1, 0.15) is 17.5 Å². The van der Waals surface area contributed by atoms with Crippen LogP contribution < -0.4 is 5.32 Å². The number of hydrogen-bond acceptors (Lipinski definition) is 7. The van der Waals surface area contributed by atoms with Crippen LogP contribution in [0.1, 0.15) is 5.56 Å². The molecule has 0 spiro atoms. The highest BCUT2D eigenvalue weighted by Gasteiger charge is 2.27. The lowest BCUT2D eigenvalue weighted by Crippen LogP contribution is -2.07. The Kier molecular flexibility index (Phi) is 5.03. The number of benzene rings is 2. The van der Waals surface area contributed by atoms with Crippen LogP contribution in [0.2, 0.25) is 5.02 Å². The number of rotatable bonds is 5. The first-order chi connectivity index (χ1) is 15.3. The van der Waals surface area contributed by atoms with Gasteiger partial charge in [-0.2, -0.15) is 4.52 Å². The van der Waals surface area contributed by atoms with Gasteiger partial charge in [-0.1, -0.05) is 22.9 Å². The van der Waals surface area contributed by atoms with Gasteiger partial charge >= 0.3 is 0 Å². The summed E-state index contributed by atoms with van der Waals surface area (Å²) in [6, 6.07) is 10.7. The second kappa shape index (κ2) is 7.76. The molecule has 0 fully saturated rings. The van der Waals surface area contributed by atoms with Gasteiger partial charge in [0.15, 0.2) is 5.65 Å². The zero-order valence-electron chi connectivity index (χ0n) is 16.0. The summed E-state index contributed by atoms with van der Waals surface area (Å²) < 4.78 is 55.6. The van der Waals surface area contributed by atoms with Gasteiger partial charge in [-0.3, -0.25) is 0 Å². The highest BCUT2D eigenvalue weighted by molar-refractivity contribution is 7.91. The van der Waals surface area contributed by atoms with Gasteiger partial charge in [0.25, 0.3) is 0 Å². The Morgan fingerprint density at radius 1 is 1.09 bits per heavy atom. The molecule has 7 nitrogen and oxygen atoms in total. The van der Waals surface area contributed by atoms with Gasteiger partial charge in [-0.05, 0) is 41.8 Å². The smallest absolute Gasteiger partial charge is 0.229 e. The standard InChI is InChI=1S/C20H12ClF2N5O2S2/c21-12-2-5-14(6-3-12)32(29,30)20-19-25-18(17-16(7-8-31-17)28(19)27-26-20)24-10-11-1-4-13(22)9-15(11)23/h1-9H,10H2,(H,24,25). The lowest BCUT2D eigenvalue weighted by Gasteiger charge is -2.09. The Balaban J connectivity index is 1.61. The Hall–Kier alpha value is -3.15. The summed E-state index contributed by atoms with van der Waals surface area (Å²) in [6.45, 7) is 0.0170. The lowest BCUT2D eigenvalue weighted by molar-refractivity contribution is 0.574. The van der Waals surface area contributed by atoms with Crippen LogP contribution in [-0.2, 0) is 16.4 Å². The fraction of sp³-hybridized carbons (Fsp3) is 0.0500. The van der Waals surface area contributed by atoms with Gasteiger partial charge in [-0.15, -0.1) is 16.4 Å². The van der Waals surface area contributed by atoms with Gasteiger partial charge < -0.3 is 5.32 Å². The molecular formula is C20H12ClF2N5O2S2. The quantitative estimate of drug-likeness (QED) is 0.383. The van der Waals surface area contributed by atoms with Crippen molar-refractivity contribution < 1.29 is 17.2 Å². The van der Waals surface area contributed by atoms with Crippen molar-refractivity contribution in [2.45, 2.75) is 16.5 Å². The first-order valence-electron chi connectivity index (χ1n) is 9.15. The summed E-state index contributed by atoms with van der Waals surface area (Å²) in [6.07, 6.45) is 0. The molecule has 32 heavy (non-hydrogen) atoms. The molecule has 1 N–H and O–H groups in total. The molecule has 162 valence electrons. The van der Waals surface area contributed by atoms with Crippen LogP contribution in [0.5, 0.6) is 0 Å². The molecule has 5 aromatic rings. The van der Waals surface area contributed by atoms with E-state index in [0.29, 0.717) is 21.1 Å². The van der Waals surface area contributed by atoms with E-state index in [1.54, 1.807) is 11.4 Å². The molecule has 0 atom stereocenters. The molecule has 0 aliphatic rings. The molecule has 12 heteroatoms. The second-order valence-electron chi connectivity index (χ2n) is 6.77. The summed E-state index contributed by atoms with van der Waals surface area (Å²) in [5.74, 6) is -1.03. The average molecular weight is 492 g/mol. The SMILES string of the molecule is O=S(=O)(c1ccc(Cl)cc1)c1nnn2c1nc(NCc1ccc(F)cc1F)c1sccc12. The monoisotopic (exact) mass is 491 g/mol. The van der Waals surface area contributed by atoms with E-state index in [1.165, 1.54) is 46.2 Å². The topological polar surface area (TPSA) is 89.2 Å². The van der Waals surface area contributed by atoms with Gasteiger partial charge in [-0.25, -0.2) is 22.2 Å². The number of thiophene rings is 1. The van der Waals surface area contributed by atoms with E-state index >= 15 is 0 Å². The average Bonchev–Trinajstić information content (AvgIpc) is 3.40. The summed E-state index contributed by atoms with van der Waals surface area (Å²) in [5.41, 5.74) is 0.846. The van der Waals surface area contributed by atoms with E-state index in [9.17, 15) is 17.2 Å². The minimum Gasteiger partial charge on any atom is -0.365 e. The highest BCUT2D eigenvalue weighted by atomic mass is 35.5. The number of fused-ring (bicyclic) bond motifs is 3. The summed E-state index contributed by atoms with van der Waals surface area (Å²) >= 11 is 7.22. The zero-order chi connectivity index (χ0) is 22.5. The maximum atomic E-state index is 14.0. The summed E-state index contributed by atoms with van der Waals surface area (Å²) in [4.78, 5) is 4.44. The Morgan fingerprint density at radius 3 is 2.62 bits per heavy atom. The van der Waals surface area contributed by atoms with Crippen LogP contribution in [0.25, 0.3) is 15.9 Å². The molecule has 0 saturated carbocycles. The number of nitrogens with one attached hydrogen (secondary N) is 1. The van der Waals surface area contributed by atoms with Crippen LogP contribution in [-0.4, -0.2) is 28.2 Å². The van der Waals surface area contributed by atoms with E-state index in [4.69, 9.17) is 11.6 Å². The Morgan fingerprint density at radius 2 is 1.88 bits per heavy atom. The molecule has 0 unspecified atom stereocenters. The molecule has 3 aromatic heterocycles. The van der Waals surface area contributed by atoms with Gasteiger partial charge in [0.2, 0.25) is 14.9 Å². The lowest BCUT2D eigenvalue weighted by atomic mass is 10.2. The van der Waals surface area contributed by atoms with E-state index in [0.717, 1.165) is 12.1 Å². The fourth-order valence-corrected chi connectivity index (χ4v) is 5.38. The van der Waals surface area contributed by atoms with Crippen molar-refractivity contribution in [1.82, 2.24) is 19.8 Å². The molecule has 0 radical (unpaired) electrons. The Bertz CT molecular complexity index is 1580. The second-order valence-corrected chi connectivity index (χ2v) is 9.99. The van der Waals surface area contributed by atoms with Gasteiger partial charge in [0, 0.05) is 23.2 Å². The molecule has 2 aromatic carbocycles. The van der Waals surface area contributed by atoms with Gasteiger partial charge in [0.05, 0.1) is 15.1 Å². The van der Waals surface area contributed by atoms with Crippen molar-refractivity contribution in [1.29, 1.82) is 0 Å². The van der Waals surface area contributed by atoms with Crippen molar-refractivity contribution in [2.24, 2.45) is 0 Å². The molecule has 5 rings (SSSR count). The third-order valence-electron chi connectivity index (χ3n) is 4.76. The third-order valence-corrected chi connectivity index (χ3v) is 7.59. The summed E-state index contributed by atoms with van der Waals surface area (Å²) in [5, 5.41) is 12.8. The molecule has 0 amide bonds. The van der Waals surface area contributed by atoms with E-state index in [2.05, 4.69) is 20.6 Å². The predicted octanol–water partition coefficient (Wildman–Crippen LogP) is 4.72. The first-order valence-corrected chi connectivity index (χ1v) is 11.9. The molecule has 0 saturated heterocycles. The molecular weight excluding hydrogens is 480 g/mol. The fourth-order valence-electron chi connectivity index (χ4n) is 3.19. The maximum absolute atomic E-state index is 14.0. The van der Waals surface area contributed by atoms with Crippen LogP contribution in [0, 0.1) is 11.6 Å². The number of halogens is 3. The maximum Gasteiger partial charge on any atom is 0.229 e. The first kappa shape index (κ1) is 20.7. The number of aromatic nitrogens is 4. The number of nitrogens with zero attached hydrogens (tertiary/aromatic N) is 4. The normalized spacial score (nSPS) is 12.0. The third kappa shape index (κ3) is 3.48. The van der Waals surface area contributed by atoms with Crippen molar-refractivity contribution in [3.63, 3.8) is 0 Å². The van der Waals surface area contributed by atoms with Crippen molar-refractivity contribution in [3.8, 4) is 0 Å². The largest absolute Gasteiger partial charge is 0.365 e. The number of hydrogen-bond donors (Lipinski definition) is 1. The molecule has 0 aliphatic carbocycles. The van der Waals surface area contributed by atoms with Crippen LogP contribution in [0.4, 0.5) is 14.6 Å². The minimum atomic E-state index is -4.03. The van der Waals surface area contributed by atoms with Crippen LogP contribution >= 0.6 is 22.9 Å². The zero-order valence-corrected chi connectivity index (χ0v) is 18.3.